The van der Waals surface area contributed by atoms with Crippen LogP contribution < -0.4 is 10.6 Å². The number of nitrogens with one attached hydrogen (secondary N) is 2. The molecule has 1 unspecified atom stereocenters. The van der Waals surface area contributed by atoms with Crippen molar-refractivity contribution >= 4 is 40.0 Å². The highest BCUT2D eigenvalue weighted by atomic mass is 32.1. The van der Waals surface area contributed by atoms with Crippen LogP contribution in [0.25, 0.3) is 22.6 Å². The maximum absolute atomic E-state index is 11.8. The second kappa shape index (κ2) is 9.65. The molecule has 0 bridgehead atoms. The number of thiocarbonyl (C=S) groups is 1. The van der Waals surface area contributed by atoms with E-state index >= 15 is 0 Å². The second-order valence-corrected chi connectivity index (χ2v) is 7.65. The highest BCUT2D eigenvalue weighted by molar-refractivity contribution is 7.80. The van der Waals surface area contributed by atoms with Crippen LogP contribution in [-0.2, 0) is 4.79 Å². The molecule has 152 valence electrons. The monoisotopic (exact) mass is 409 g/mol. The molecular formula is C23H27N3O2S. The third-order valence-corrected chi connectivity index (χ3v) is 5.20. The SMILES string of the molecule is CCCCC(=O)NC(=S)Nc1ccc(-c2nc3cc(C(C)CC)ccc3o2)cc1. The molecule has 1 heterocycles. The number of hydrogen-bond donors (Lipinski definition) is 2. The average molecular weight is 410 g/mol. The predicted molar refractivity (Wildman–Crippen MR) is 122 cm³/mol. The molecule has 2 aromatic carbocycles. The molecule has 0 radical (unpaired) electrons. The van der Waals surface area contributed by atoms with Crippen molar-refractivity contribution in [3.63, 3.8) is 0 Å². The van der Waals surface area contributed by atoms with Crippen molar-refractivity contribution in [2.45, 2.75) is 52.4 Å². The van der Waals surface area contributed by atoms with Crippen molar-refractivity contribution in [1.82, 2.24) is 10.3 Å². The molecule has 0 aliphatic heterocycles. The van der Waals surface area contributed by atoms with Crippen molar-refractivity contribution in [2.24, 2.45) is 0 Å². The van der Waals surface area contributed by atoms with Crippen molar-refractivity contribution in [3.8, 4) is 11.5 Å². The fourth-order valence-corrected chi connectivity index (χ4v) is 3.23. The first-order valence-corrected chi connectivity index (χ1v) is 10.5. The minimum Gasteiger partial charge on any atom is -0.436 e. The smallest absolute Gasteiger partial charge is 0.227 e. The van der Waals surface area contributed by atoms with Crippen molar-refractivity contribution in [3.05, 3.63) is 48.0 Å². The van der Waals surface area contributed by atoms with E-state index in [1.165, 1.54) is 5.56 Å². The number of anilines is 1. The summed E-state index contributed by atoms with van der Waals surface area (Å²) in [5.74, 6) is 1.02. The molecule has 0 spiro atoms. The largest absolute Gasteiger partial charge is 0.436 e. The number of oxazole rings is 1. The molecular weight excluding hydrogens is 382 g/mol. The Labute approximate surface area is 176 Å². The minimum absolute atomic E-state index is 0.0655. The van der Waals surface area contributed by atoms with Crippen LogP contribution in [0.5, 0.6) is 0 Å². The molecule has 29 heavy (non-hydrogen) atoms. The van der Waals surface area contributed by atoms with Crippen molar-refractivity contribution in [2.75, 3.05) is 5.32 Å². The molecule has 0 aliphatic rings. The summed E-state index contributed by atoms with van der Waals surface area (Å²) < 4.78 is 5.92. The Bertz CT molecular complexity index is 995. The van der Waals surface area contributed by atoms with Gasteiger partial charge in [-0.15, -0.1) is 0 Å². The maximum atomic E-state index is 11.8. The lowest BCUT2D eigenvalue weighted by atomic mass is 9.98. The molecule has 1 aromatic heterocycles. The van der Waals surface area contributed by atoms with E-state index in [2.05, 4.69) is 41.6 Å². The van der Waals surface area contributed by atoms with Crippen molar-refractivity contribution < 1.29 is 9.21 Å². The number of unbranched alkanes of at least 4 members (excludes halogenated alkanes) is 1. The van der Waals surface area contributed by atoms with E-state index < -0.39 is 0 Å². The first-order valence-electron chi connectivity index (χ1n) is 10.1. The predicted octanol–water partition coefficient (Wildman–Crippen LogP) is 6.01. The summed E-state index contributed by atoms with van der Waals surface area (Å²) in [6.07, 6.45) is 3.40. The van der Waals surface area contributed by atoms with Crippen LogP contribution in [0, 0.1) is 0 Å². The van der Waals surface area contributed by atoms with Gasteiger partial charge in [0.15, 0.2) is 10.7 Å². The molecule has 6 heteroatoms. The average Bonchev–Trinajstić information content (AvgIpc) is 3.15. The van der Waals surface area contributed by atoms with E-state index in [9.17, 15) is 4.79 Å². The zero-order valence-corrected chi connectivity index (χ0v) is 17.9. The summed E-state index contributed by atoms with van der Waals surface area (Å²) in [6, 6.07) is 13.8. The van der Waals surface area contributed by atoms with Gasteiger partial charge in [-0.05, 0) is 72.9 Å². The van der Waals surface area contributed by atoms with Crippen LogP contribution in [0.3, 0.4) is 0 Å². The molecule has 3 aromatic rings. The summed E-state index contributed by atoms with van der Waals surface area (Å²) in [7, 11) is 0. The highest BCUT2D eigenvalue weighted by Gasteiger charge is 2.11. The first kappa shape index (κ1) is 21.0. The normalized spacial score (nSPS) is 12.0. The number of carbonyl (C=O) groups excluding carboxylic acids is 1. The van der Waals surface area contributed by atoms with Gasteiger partial charge in [-0.1, -0.05) is 33.3 Å². The molecule has 0 fully saturated rings. The Kier molecular flexibility index (Phi) is 6.99. The van der Waals surface area contributed by atoms with Crippen LogP contribution in [-0.4, -0.2) is 16.0 Å². The molecule has 5 nitrogen and oxygen atoms in total. The number of aromatic nitrogens is 1. The zero-order chi connectivity index (χ0) is 20.8. The Hall–Kier alpha value is -2.73. The Balaban J connectivity index is 1.68. The standard InChI is InChI=1S/C23H27N3O2S/c1-4-6-7-21(27)26-23(29)24-18-11-8-16(9-12-18)22-25-19-14-17(15(3)5-2)10-13-20(19)28-22/h8-15H,4-7H2,1-3H3,(H2,24,26,27,29). The van der Waals surface area contributed by atoms with Gasteiger partial charge in [-0.3, -0.25) is 4.79 Å². The number of benzene rings is 2. The van der Waals surface area contributed by atoms with Gasteiger partial charge in [0.05, 0.1) is 0 Å². The van der Waals surface area contributed by atoms with Gasteiger partial charge in [-0.2, -0.15) is 0 Å². The van der Waals surface area contributed by atoms with Gasteiger partial charge in [-0.25, -0.2) is 4.98 Å². The van der Waals surface area contributed by atoms with E-state index in [1.807, 2.05) is 37.3 Å². The van der Waals surface area contributed by atoms with Crippen LogP contribution in [0.15, 0.2) is 46.9 Å². The highest BCUT2D eigenvalue weighted by Crippen LogP contribution is 2.28. The Morgan fingerprint density at radius 3 is 2.62 bits per heavy atom. The number of amides is 1. The summed E-state index contributed by atoms with van der Waals surface area (Å²) >= 11 is 5.20. The third-order valence-electron chi connectivity index (χ3n) is 4.99. The van der Waals surface area contributed by atoms with E-state index in [4.69, 9.17) is 16.6 Å². The second-order valence-electron chi connectivity index (χ2n) is 7.24. The molecule has 0 aliphatic carbocycles. The summed E-state index contributed by atoms with van der Waals surface area (Å²) in [6.45, 7) is 6.44. The summed E-state index contributed by atoms with van der Waals surface area (Å²) in [5.41, 5.74) is 4.61. The van der Waals surface area contributed by atoms with Gasteiger partial charge in [0.2, 0.25) is 11.8 Å². The van der Waals surface area contributed by atoms with Crippen LogP contribution in [0.1, 0.15) is 57.9 Å². The fourth-order valence-electron chi connectivity index (χ4n) is 3.00. The summed E-state index contributed by atoms with van der Waals surface area (Å²) in [4.78, 5) is 16.4. The number of fused-ring (bicyclic) bond motifs is 1. The molecule has 0 saturated heterocycles. The molecule has 1 atom stereocenters. The molecule has 0 saturated carbocycles. The quantitative estimate of drug-likeness (QED) is 0.468. The number of rotatable bonds is 7. The molecule has 3 rings (SSSR count). The van der Waals surface area contributed by atoms with E-state index in [0.717, 1.165) is 41.6 Å². The van der Waals surface area contributed by atoms with Gasteiger partial charge >= 0.3 is 0 Å². The Morgan fingerprint density at radius 2 is 1.93 bits per heavy atom. The Morgan fingerprint density at radius 1 is 1.17 bits per heavy atom. The van der Waals surface area contributed by atoms with Crippen molar-refractivity contribution in [1.29, 1.82) is 0 Å². The lowest BCUT2D eigenvalue weighted by Crippen LogP contribution is -2.33. The van der Waals surface area contributed by atoms with E-state index in [0.29, 0.717) is 23.3 Å². The van der Waals surface area contributed by atoms with Crippen LogP contribution in [0.2, 0.25) is 0 Å². The van der Waals surface area contributed by atoms with Gasteiger partial charge in [0, 0.05) is 17.7 Å². The van der Waals surface area contributed by atoms with Gasteiger partial charge in [0.1, 0.15) is 5.52 Å². The molecule has 1 amide bonds. The number of hydrogen-bond acceptors (Lipinski definition) is 4. The number of carbonyl (C=O) groups is 1. The molecule has 2 N–H and O–H groups in total. The van der Waals surface area contributed by atoms with E-state index in [-0.39, 0.29) is 5.91 Å². The fraction of sp³-hybridized carbons (Fsp3) is 0.348. The van der Waals surface area contributed by atoms with Crippen LogP contribution >= 0.6 is 12.2 Å². The van der Waals surface area contributed by atoms with E-state index in [1.54, 1.807) is 0 Å². The topological polar surface area (TPSA) is 67.2 Å². The zero-order valence-electron chi connectivity index (χ0n) is 17.1. The third kappa shape index (κ3) is 5.41. The maximum Gasteiger partial charge on any atom is 0.227 e. The van der Waals surface area contributed by atoms with Crippen LogP contribution in [0.4, 0.5) is 5.69 Å². The first-order chi connectivity index (χ1) is 14.0. The lowest BCUT2D eigenvalue weighted by molar-refractivity contribution is -0.119. The number of nitrogens with zero attached hydrogens (tertiary/aromatic N) is 1. The van der Waals surface area contributed by atoms with Gasteiger partial charge < -0.3 is 15.1 Å². The van der Waals surface area contributed by atoms with Gasteiger partial charge in [0.25, 0.3) is 0 Å². The minimum atomic E-state index is -0.0655. The lowest BCUT2D eigenvalue weighted by Gasteiger charge is -2.09. The summed E-state index contributed by atoms with van der Waals surface area (Å²) in [5, 5.41) is 6.03.